The Morgan fingerprint density at radius 1 is 1.36 bits per heavy atom. The van der Waals surface area contributed by atoms with Crippen molar-refractivity contribution >= 4 is 5.91 Å². The van der Waals surface area contributed by atoms with Gasteiger partial charge in [0, 0.05) is 31.9 Å². The van der Waals surface area contributed by atoms with Crippen molar-refractivity contribution in [1.29, 1.82) is 0 Å². The van der Waals surface area contributed by atoms with Crippen molar-refractivity contribution in [3.05, 3.63) is 41.7 Å². The second-order valence-corrected chi connectivity index (χ2v) is 6.44. The lowest BCUT2D eigenvalue weighted by atomic mass is 10.0. The standard InChI is InChI=1S/C18H22N4O3/c1-19-18(23)15-7-9-22(20-15)14-5-3-8-21(11-14)10-13-4-2-6-16-17(13)25-12-24-16/h2,4,6-7,9,14H,3,5,8,10-12H2,1H3,(H,19,23). The van der Waals surface area contributed by atoms with Gasteiger partial charge in [0.15, 0.2) is 11.5 Å². The normalized spacial score (nSPS) is 19.8. The van der Waals surface area contributed by atoms with Crippen molar-refractivity contribution < 1.29 is 14.3 Å². The van der Waals surface area contributed by atoms with Gasteiger partial charge in [0.05, 0.1) is 6.04 Å². The molecule has 1 unspecified atom stereocenters. The number of hydrogen-bond donors (Lipinski definition) is 1. The molecule has 1 aromatic heterocycles. The first-order valence-corrected chi connectivity index (χ1v) is 8.61. The first-order chi connectivity index (χ1) is 12.2. The zero-order chi connectivity index (χ0) is 17.2. The number of carbonyl (C=O) groups is 1. The van der Waals surface area contributed by atoms with E-state index in [0.717, 1.165) is 49.5 Å². The lowest BCUT2D eigenvalue weighted by Gasteiger charge is -2.33. The molecule has 0 radical (unpaired) electrons. The van der Waals surface area contributed by atoms with Crippen molar-refractivity contribution in [1.82, 2.24) is 20.0 Å². The van der Waals surface area contributed by atoms with E-state index in [2.05, 4.69) is 21.4 Å². The summed E-state index contributed by atoms with van der Waals surface area (Å²) in [5.74, 6) is 1.54. The molecule has 0 spiro atoms. The summed E-state index contributed by atoms with van der Waals surface area (Å²) in [6, 6.07) is 8.09. The molecule has 1 saturated heterocycles. The topological polar surface area (TPSA) is 68.6 Å². The van der Waals surface area contributed by atoms with Crippen LogP contribution < -0.4 is 14.8 Å². The number of ether oxygens (including phenoxy) is 2. The van der Waals surface area contributed by atoms with Crippen LogP contribution in [0.3, 0.4) is 0 Å². The molecule has 1 aromatic carbocycles. The second kappa shape index (κ2) is 6.76. The molecule has 0 saturated carbocycles. The Morgan fingerprint density at radius 3 is 3.16 bits per heavy atom. The minimum absolute atomic E-state index is 0.150. The summed E-state index contributed by atoms with van der Waals surface area (Å²) in [7, 11) is 1.62. The number of nitrogens with zero attached hydrogens (tertiary/aromatic N) is 3. The predicted molar refractivity (Wildman–Crippen MR) is 91.7 cm³/mol. The van der Waals surface area contributed by atoms with Crippen LogP contribution in [-0.2, 0) is 6.54 Å². The molecule has 7 heteroatoms. The molecule has 25 heavy (non-hydrogen) atoms. The SMILES string of the molecule is CNC(=O)c1ccn(C2CCCN(Cc3cccc4c3OCO4)C2)n1. The number of para-hydroxylation sites is 1. The van der Waals surface area contributed by atoms with Gasteiger partial charge in [0.25, 0.3) is 5.91 Å². The van der Waals surface area contributed by atoms with Gasteiger partial charge < -0.3 is 14.8 Å². The van der Waals surface area contributed by atoms with Gasteiger partial charge in [-0.2, -0.15) is 5.10 Å². The Labute approximate surface area is 146 Å². The van der Waals surface area contributed by atoms with Crippen molar-refractivity contribution in [2.45, 2.75) is 25.4 Å². The summed E-state index contributed by atoms with van der Waals surface area (Å²) in [5.41, 5.74) is 1.62. The lowest BCUT2D eigenvalue weighted by molar-refractivity contribution is 0.0955. The summed E-state index contributed by atoms with van der Waals surface area (Å²) in [4.78, 5) is 14.1. The molecule has 0 aliphatic carbocycles. The zero-order valence-electron chi connectivity index (χ0n) is 14.3. The number of benzene rings is 1. The van der Waals surface area contributed by atoms with Gasteiger partial charge in [-0.05, 0) is 31.5 Å². The summed E-state index contributed by atoms with van der Waals surface area (Å²) < 4.78 is 13.0. The highest BCUT2D eigenvalue weighted by atomic mass is 16.7. The Morgan fingerprint density at radius 2 is 2.28 bits per heavy atom. The van der Waals surface area contributed by atoms with E-state index in [4.69, 9.17) is 9.47 Å². The van der Waals surface area contributed by atoms with Crippen molar-refractivity contribution in [3.8, 4) is 11.5 Å². The molecule has 1 N–H and O–H groups in total. The van der Waals surface area contributed by atoms with Crippen LogP contribution >= 0.6 is 0 Å². The second-order valence-electron chi connectivity index (χ2n) is 6.44. The van der Waals surface area contributed by atoms with Crippen molar-refractivity contribution in [2.75, 3.05) is 26.9 Å². The van der Waals surface area contributed by atoms with E-state index < -0.39 is 0 Å². The Kier molecular flexibility index (Phi) is 4.31. The molecular weight excluding hydrogens is 320 g/mol. The predicted octanol–water partition coefficient (Wildman–Crippen LogP) is 1.81. The quantitative estimate of drug-likeness (QED) is 0.918. The first kappa shape index (κ1) is 16.0. The molecule has 1 atom stereocenters. The highest BCUT2D eigenvalue weighted by molar-refractivity contribution is 5.91. The van der Waals surface area contributed by atoms with E-state index in [9.17, 15) is 4.79 Å². The molecule has 132 valence electrons. The number of amides is 1. The minimum Gasteiger partial charge on any atom is -0.454 e. The Bertz CT molecular complexity index is 773. The van der Waals surface area contributed by atoms with E-state index >= 15 is 0 Å². The van der Waals surface area contributed by atoms with Crippen LogP contribution in [0.15, 0.2) is 30.5 Å². The molecule has 2 aliphatic rings. The number of aromatic nitrogens is 2. The molecule has 7 nitrogen and oxygen atoms in total. The number of piperidine rings is 1. The van der Waals surface area contributed by atoms with Gasteiger partial charge in [0.2, 0.25) is 6.79 Å². The first-order valence-electron chi connectivity index (χ1n) is 8.61. The molecule has 2 aliphatic heterocycles. The average molecular weight is 342 g/mol. The fourth-order valence-corrected chi connectivity index (χ4v) is 3.54. The Balaban J connectivity index is 1.46. The van der Waals surface area contributed by atoms with E-state index in [1.54, 1.807) is 13.1 Å². The molecular formula is C18H22N4O3. The third-order valence-electron chi connectivity index (χ3n) is 4.79. The van der Waals surface area contributed by atoms with Crippen LogP contribution in [0.5, 0.6) is 11.5 Å². The van der Waals surface area contributed by atoms with Crippen LogP contribution in [0.1, 0.15) is 34.9 Å². The molecule has 2 aromatic rings. The highest BCUT2D eigenvalue weighted by Crippen LogP contribution is 2.36. The molecule has 4 rings (SSSR count). The van der Waals surface area contributed by atoms with Gasteiger partial charge in [-0.15, -0.1) is 0 Å². The van der Waals surface area contributed by atoms with Crippen molar-refractivity contribution in [3.63, 3.8) is 0 Å². The van der Waals surface area contributed by atoms with E-state index in [1.807, 2.05) is 23.0 Å². The highest BCUT2D eigenvalue weighted by Gasteiger charge is 2.25. The number of carbonyl (C=O) groups excluding carboxylic acids is 1. The van der Waals surface area contributed by atoms with E-state index in [0.29, 0.717) is 12.5 Å². The van der Waals surface area contributed by atoms with Crippen LogP contribution in [0.4, 0.5) is 0 Å². The Hall–Kier alpha value is -2.54. The molecule has 1 amide bonds. The fraction of sp³-hybridized carbons (Fsp3) is 0.444. The largest absolute Gasteiger partial charge is 0.454 e. The average Bonchev–Trinajstić information content (AvgIpc) is 3.31. The summed E-state index contributed by atoms with van der Waals surface area (Å²) in [5, 5.41) is 7.05. The van der Waals surface area contributed by atoms with Crippen molar-refractivity contribution in [2.24, 2.45) is 0 Å². The number of fused-ring (bicyclic) bond motifs is 1. The van der Waals surface area contributed by atoms with Gasteiger partial charge in [-0.25, -0.2) is 0 Å². The van der Waals surface area contributed by atoms with Gasteiger partial charge in [0.1, 0.15) is 5.69 Å². The fourth-order valence-electron chi connectivity index (χ4n) is 3.54. The third-order valence-corrected chi connectivity index (χ3v) is 4.79. The number of hydrogen-bond acceptors (Lipinski definition) is 5. The van der Waals surface area contributed by atoms with Crippen LogP contribution in [0, 0.1) is 0 Å². The molecule has 0 bridgehead atoms. The number of nitrogens with one attached hydrogen (secondary N) is 1. The maximum absolute atomic E-state index is 11.7. The van der Waals surface area contributed by atoms with Crippen LogP contribution in [0.25, 0.3) is 0 Å². The van der Waals surface area contributed by atoms with Crippen LogP contribution in [0.2, 0.25) is 0 Å². The van der Waals surface area contributed by atoms with Gasteiger partial charge in [-0.1, -0.05) is 12.1 Å². The molecule has 1 fully saturated rings. The zero-order valence-corrected chi connectivity index (χ0v) is 14.3. The van der Waals surface area contributed by atoms with E-state index in [-0.39, 0.29) is 11.9 Å². The molecule has 3 heterocycles. The smallest absolute Gasteiger partial charge is 0.271 e. The van der Waals surface area contributed by atoms with Gasteiger partial charge >= 0.3 is 0 Å². The monoisotopic (exact) mass is 342 g/mol. The summed E-state index contributed by atoms with van der Waals surface area (Å²) in [6.45, 7) is 3.07. The van der Waals surface area contributed by atoms with Gasteiger partial charge in [-0.3, -0.25) is 14.4 Å². The summed E-state index contributed by atoms with van der Waals surface area (Å²) in [6.07, 6.45) is 4.07. The number of likely N-dealkylation sites (tertiary alicyclic amines) is 1. The summed E-state index contributed by atoms with van der Waals surface area (Å²) >= 11 is 0. The van der Waals surface area contributed by atoms with E-state index in [1.165, 1.54) is 0 Å². The maximum atomic E-state index is 11.7. The number of rotatable bonds is 4. The van der Waals surface area contributed by atoms with Crippen LogP contribution in [-0.4, -0.2) is 47.5 Å². The lowest BCUT2D eigenvalue weighted by Crippen LogP contribution is -2.36. The maximum Gasteiger partial charge on any atom is 0.271 e. The minimum atomic E-state index is -0.150. The third kappa shape index (κ3) is 3.19.